The van der Waals surface area contributed by atoms with Crippen molar-refractivity contribution in [1.82, 2.24) is 10.2 Å². The number of nitrogens with two attached hydrogens (primary N) is 1. The van der Waals surface area contributed by atoms with Crippen LogP contribution < -0.4 is 5.73 Å². The molecule has 1 atom stereocenters. The lowest BCUT2D eigenvalue weighted by Crippen LogP contribution is -2.00. The van der Waals surface area contributed by atoms with E-state index in [2.05, 4.69) is 22.3 Å². The number of allylic oxidation sites excluding steroid dienone is 1. The first-order valence-corrected chi connectivity index (χ1v) is 6.96. The molecule has 0 radical (unpaired) electrons. The van der Waals surface area contributed by atoms with Gasteiger partial charge in [-0.3, -0.25) is 0 Å². The quantitative estimate of drug-likeness (QED) is 0.808. The van der Waals surface area contributed by atoms with Crippen molar-refractivity contribution < 1.29 is 0 Å². The van der Waals surface area contributed by atoms with E-state index >= 15 is 0 Å². The Hall–Kier alpha value is -0.550. The molecule has 1 heterocycles. The summed E-state index contributed by atoms with van der Waals surface area (Å²) < 4.78 is 0.989. The molecule has 0 spiro atoms. The van der Waals surface area contributed by atoms with Gasteiger partial charge in [-0.25, -0.2) is 0 Å². The summed E-state index contributed by atoms with van der Waals surface area (Å²) in [5.41, 5.74) is 5.55. The molecule has 5 heteroatoms. The first-order chi connectivity index (χ1) is 7.34. The van der Waals surface area contributed by atoms with E-state index in [0.717, 1.165) is 4.34 Å². The smallest absolute Gasteiger partial charge is 0.203 e. The van der Waals surface area contributed by atoms with E-state index in [0.29, 0.717) is 10.4 Å². The largest absolute Gasteiger partial charge is 0.374 e. The lowest BCUT2D eigenvalue weighted by molar-refractivity contribution is 0.643. The van der Waals surface area contributed by atoms with Crippen LogP contribution in [0.3, 0.4) is 0 Å². The van der Waals surface area contributed by atoms with Gasteiger partial charge in [0.1, 0.15) is 0 Å². The molecule has 82 valence electrons. The third-order valence-electron chi connectivity index (χ3n) is 2.38. The highest BCUT2D eigenvalue weighted by molar-refractivity contribution is 8.01. The van der Waals surface area contributed by atoms with Crippen LogP contribution >= 0.6 is 23.1 Å². The Labute approximate surface area is 98.2 Å². The Morgan fingerprint density at radius 1 is 1.33 bits per heavy atom. The van der Waals surface area contributed by atoms with E-state index < -0.39 is 0 Å². The van der Waals surface area contributed by atoms with E-state index in [1.165, 1.54) is 43.4 Å². The summed E-state index contributed by atoms with van der Waals surface area (Å²) >= 11 is 3.26. The van der Waals surface area contributed by atoms with Crippen LogP contribution in [0.25, 0.3) is 0 Å². The van der Waals surface area contributed by atoms with Crippen molar-refractivity contribution in [3.05, 3.63) is 12.2 Å². The molecule has 1 aromatic rings. The van der Waals surface area contributed by atoms with Gasteiger partial charge in [0.15, 0.2) is 4.34 Å². The van der Waals surface area contributed by atoms with Crippen molar-refractivity contribution in [2.45, 2.75) is 41.7 Å². The van der Waals surface area contributed by atoms with Gasteiger partial charge in [0, 0.05) is 5.25 Å². The number of hydrogen-bond acceptors (Lipinski definition) is 5. The fourth-order valence-electron chi connectivity index (χ4n) is 1.62. The van der Waals surface area contributed by atoms with Gasteiger partial charge in [-0.05, 0) is 19.3 Å². The molecule has 1 aliphatic rings. The zero-order chi connectivity index (χ0) is 10.5. The molecule has 0 saturated carbocycles. The number of anilines is 1. The van der Waals surface area contributed by atoms with Gasteiger partial charge in [0.25, 0.3) is 0 Å². The first-order valence-electron chi connectivity index (χ1n) is 5.27. The zero-order valence-electron chi connectivity index (χ0n) is 8.56. The molecule has 0 aliphatic heterocycles. The third-order valence-corrected chi connectivity index (χ3v) is 4.45. The standard InChI is InChI=1S/C10H15N3S2/c11-9-12-13-10(15-9)14-8-6-4-2-1-3-5-7-8/h4,6,8H,1-3,5,7H2,(H2,11,12). The summed E-state index contributed by atoms with van der Waals surface area (Å²) in [7, 11) is 0. The molecule has 1 aliphatic carbocycles. The van der Waals surface area contributed by atoms with Crippen molar-refractivity contribution in [2.75, 3.05) is 5.73 Å². The highest BCUT2D eigenvalue weighted by Gasteiger charge is 2.11. The van der Waals surface area contributed by atoms with Crippen LogP contribution in [0.4, 0.5) is 5.13 Å². The number of hydrogen-bond donors (Lipinski definition) is 1. The number of nitrogens with zero attached hydrogens (tertiary/aromatic N) is 2. The molecular weight excluding hydrogens is 226 g/mol. The molecule has 2 N–H and O–H groups in total. The SMILES string of the molecule is Nc1nnc(SC2C=CCCCCC2)s1. The van der Waals surface area contributed by atoms with Crippen molar-refractivity contribution in [2.24, 2.45) is 0 Å². The van der Waals surface area contributed by atoms with Crippen LogP contribution in [0.15, 0.2) is 16.5 Å². The van der Waals surface area contributed by atoms with Crippen molar-refractivity contribution in [1.29, 1.82) is 0 Å². The fourth-order valence-corrected chi connectivity index (χ4v) is 3.61. The van der Waals surface area contributed by atoms with Crippen LogP contribution in [-0.2, 0) is 0 Å². The Bertz CT molecular complexity index is 335. The molecule has 3 nitrogen and oxygen atoms in total. The van der Waals surface area contributed by atoms with Gasteiger partial charge in [0.2, 0.25) is 5.13 Å². The molecule has 1 unspecified atom stereocenters. The summed E-state index contributed by atoms with van der Waals surface area (Å²) in [6.45, 7) is 0. The predicted molar refractivity (Wildman–Crippen MR) is 66.2 cm³/mol. The monoisotopic (exact) mass is 241 g/mol. The van der Waals surface area contributed by atoms with Crippen LogP contribution in [0.5, 0.6) is 0 Å². The Balaban J connectivity index is 1.94. The minimum atomic E-state index is 0.553. The predicted octanol–water partition coefficient (Wildman–Crippen LogP) is 3.10. The molecule has 0 bridgehead atoms. The molecule has 0 aromatic carbocycles. The van der Waals surface area contributed by atoms with E-state index in [1.54, 1.807) is 11.8 Å². The minimum Gasteiger partial charge on any atom is -0.374 e. The van der Waals surface area contributed by atoms with Gasteiger partial charge in [-0.2, -0.15) is 0 Å². The van der Waals surface area contributed by atoms with E-state index in [4.69, 9.17) is 5.73 Å². The summed E-state index contributed by atoms with van der Waals surface area (Å²) in [6, 6.07) is 0. The zero-order valence-corrected chi connectivity index (χ0v) is 10.2. The highest BCUT2D eigenvalue weighted by Crippen LogP contribution is 2.31. The lowest BCUT2D eigenvalue weighted by Gasteiger charge is -2.12. The number of thioether (sulfide) groups is 1. The molecule has 2 rings (SSSR count). The van der Waals surface area contributed by atoms with E-state index in [-0.39, 0.29) is 0 Å². The van der Waals surface area contributed by atoms with Gasteiger partial charge in [-0.15, -0.1) is 10.2 Å². The normalized spacial score (nSPS) is 22.3. The summed E-state index contributed by atoms with van der Waals surface area (Å²) in [5, 5.41) is 8.98. The van der Waals surface area contributed by atoms with Crippen LogP contribution in [0.1, 0.15) is 32.1 Å². The Morgan fingerprint density at radius 3 is 3.07 bits per heavy atom. The van der Waals surface area contributed by atoms with Crippen molar-refractivity contribution >= 4 is 28.2 Å². The average Bonchev–Trinajstić information content (AvgIpc) is 2.56. The fraction of sp³-hybridized carbons (Fsp3) is 0.600. The number of nitrogen functional groups attached to an aromatic ring is 1. The molecule has 0 amide bonds. The molecule has 0 fully saturated rings. The first kappa shape index (κ1) is 11.0. The second-order valence-electron chi connectivity index (χ2n) is 3.63. The maximum Gasteiger partial charge on any atom is 0.203 e. The number of aromatic nitrogens is 2. The van der Waals surface area contributed by atoms with Crippen LogP contribution in [-0.4, -0.2) is 15.4 Å². The van der Waals surface area contributed by atoms with Crippen molar-refractivity contribution in [3.63, 3.8) is 0 Å². The van der Waals surface area contributed by atoms with Gasteiger partial charge >= 0.3 is 0 Å². The maximum absolute atomic E-state index is 5.55. The Morgan fingerprint density at radius 2 is 2.27 bits per heavy atom. The van der Waals surface area contributed by atoms with Gasteiger partial charge in [-0.1, -0.05) is 48.1 Å². The highest BCUT2D eigenvalue weighted by atomic mass is 32.2. The third kappa shape index (κ3) is 3.50. The topological polar surface area (TPSA) is 51.8 Å². The average molecular weight is 241 g/mol. The van der Waals surface area contributed by atoms with Gasteiger partial charge < -0.3 is 5.73 Å². The molecule has 15 heavy (non-hydrogen) atoms. The minimum absolute atomic E-state index is 0.553. The van der Waals surface area contributed by atoms with Crippen LogP contribution in [0.2, 0.25) is 0 Å². The Kier molecular flexibility index (Phi) is 4.02. The summed E-state index contributed by atoms with van der Waals surface area (Å²) in [5.74, 6) is 0. The van der Waals surface area contributed by atoms with Crippen molar-refractivity contribution in [3.8, 4) is 0 Å². The van der Waals surface area contributed by atoms with Gasteiger partial charge in [0.05, 0.1) is 0 Å². The molecular formula is C10H15N3S2. The number of rotatable bonds is 2. The van der Waals surface area contributed by atoms with E-state index in [9.17, 15) is 0 Å². The lowest BCUT2D eigenvalue weighted by atomic mass is 10.1. The second-order valence-corrected chi connectivity index (χ2v) is 6.12. The maximum atomic E-state index is 5.55. The summed E-state index contributed by atoms with van der Waals surface area (Å²) in [4.78, 5) is 0. The van der Waals surface area contributed by atoms with E-state index in [1.807, 2.05) is 0 Å². The molecule has 0 saturated heterocycles. The summed E-state index contributed by atoms with van der Waals surface area (Å²) in [6.07, 6.45) is 11.0. The molecule has 1 aromatic heterocycles. The second kappa shape index (κ2) is 5.51. The van der Waals surface area contributed by atoms with Crippen LogP contribution in [0, 0.1) is 0 Å².